The van der Waals surface area contributed by atoms with Gasteiger partial charge in [-0.3, -0.25) is 28.8 Å². The maximum absolute atomic E-state index is 12.9. The quantitative estimate of drug-likeness (QED) is 0.0771. The van der Waals surface area contributed by atoms with Crippen LogP contribution in [0.25, 0.3) is 33.4 Å². The summed E-state index contributed by atoms with van der Waals surface area (Å²) in [6, 6.07) is 20.5. The van der Waals surface area contributed by atoms with Crippen LogP contribution in [0.1, 0.15) is 40.0 Å². The van der Waals surface area contributed by atoms with Crippen molar-refractivity contribution in [2.75, 3.05) is 0 Å². The van der Waals surface area contributed by atoms with E-state index in [2.05, 4.69) is 0 Å². The number of Topliss-reactive ketones (excluding diaryl/α,β-unsaturated/α-hetero) is 3. The summed E-state index contributed by atoms with van der Waals surface area (Å²) in [5.74, 6) is -3.09. The van der Waals surface area contributed by atoms with Crippen LogP contribution in [0.5, 0.6) is 17.2 Å². The number of esters is 3. The number of ether oxygens (including phenoxy) is 3. The average molecular weight is 686 g/mol. The Hall–Kier alpha value is -5.79. The minimum atomic E-state index is -5.16. The summed E-state index contributed by atoms with van der Waals surface area (Å²) in [5, 5.41) is 0. The summed E-state index contributed by atoms with van der Waals surface area (Å²) in [4.78, 5) is 69.1. The van der Waals surface area contributed by atoms with Crippen LogP contribution in [0.2, 0.25) is 0 Å². The van der Waals surface area contributed by atoms with Crippen molar-refractivity contribution in [2.24, 2.45) is 0 Å². The van der Waals surface area contributed by atoms with Gasteiger partial charge in [0.1, 0.15) is 64.0 Å². The van der Waals surface area contributed by atoms with E-state index >= 15 is 0 Å². The Morgan fingerprint density at radius 2 is 0.776 bits per heavy atom. The zero-order valence-electron chi connectivity index (χ0n) is 26.5. The lowest BCUT2D eigenvalue weighted by Crippen LogP contribution is -2.11. The van der Waals surface area contributed by atoms with Crippen LogP contribution in [0.3, 0.4) is 0 Å². The monoisotopic (exact) mass is 685 g/mol. The highest BCUT2D eigenvalue weighted by atomic mass is 32.2. The highest BCUT2D eigenvalue weighted by Gasteiger charge is 2.21. The van der Waals surface area contributed by atoms with Crippen LogP contribution in [0.15, 0.2) is 89.8 Å². The van der Waals surface area contributed by atoms with Crippen molar-refractivity contribution < 1.29 is 55.9 Å². The zero-order valence-corrected chi connectivity index (χ0v) is 27.3. The fourth-order valence-corrected chi connectivity index (χ4v) is 5.62. The molecule has 0 amide bonds. The third kappa shape index (κ3) is 10.1. The molecule has 0 saturated heterocycles. The van der Waals surface area contributed by atoms with Crippen molar-refractivity contribution >= 4 is 45.4 Å². The van der Waals surface area contributed by atoms with Crippen molar-refractivity contribution in [1.29, 1.82) is 0 Å². The van der Waals surface area contributed by atoms with Gasteiger partial charge < -0.3 is 18.8 Å². The predicted molar refractivity (Wildman–Crippen MR) is 174 cm³/mol. The highest BCUT2D eigenvalue weighted by molar-refractivity contribution is 7.86. The lowest BCUT2D eigenvalue weighted by molar-refractivity contribution is -0.139. The summed E-state index contributed by atoms with van der Waals surface area (Å²) < 4.78 is 54.2. The van der Waals surface area contributed by atoms with Crippen molar-refractivity contribution in [3.63, 3.8) is 0 Å². The first kappa shape index (κ1) is 36.1. The molecule has 0 aliphatic rings. The molecule has 252 valence electrons. The Balaban J connectivity index is 1.83. The Bertz CT molecular complexity index is 1950. The maximum Gasteiger partial charge on any atom is 0.318 e. The molecule has 0 saturated carbocycles. The molecule has 4 aromatic rings. The van der Waals surface area contributed by atoms with Crippen molar-refractivity contribution in [3.05, 3.63) is 84.9 Å². The molecule has 0 unspecified atom stereocenters. The number of benzene rings is 4. The topological polar surface area (TPSA) is 187 Å². The number of carbonyl (C=O) groups excluding carboxylic acids is 6. The molecule has 0 aliphatic carbocycles. The van der Waals surface area contributed by atoms with Crippen LogP contribution in [0.4, 0.5) is 0 Å². The summed E-state index contributed by atoms with van der Waals surface area (Å²) in [6.07, 6.45) is -1.27. The molecule has 0 atom stereocenters. The van der Waals surface area contributed by atoms with Crippen LogP contribution < -0.4 is 14.2 Å². The first-order chi connectivity index (χ1) is 23.1. The largest absolute Gasteiger partial charge is 0.744 e. The van der Waals surface area contributed by atoms with E-state index in [1.165, 1.54) is 93.6 Å². The van der Waals surface area contributed by atoms with Gasteiger partial charge in [0.05, 0.1) is 4.90 Å². The molecule has 0 radical (unpaired) electrons. The molecule has 0 bridgehead atoms. The Morgan fingerprint density at radius 1 is 0.490 bits per heavy atom. The Labute approximate surface area is 281 Å². The summed E-state index contributed by atoms with van der Waals surface area (Å²) >= 11 is 0. The van der Waals surface area contributed by atoms with Crippen LogP contribution in [0, 0.1) is 0 Å². The molecule has 0 aliphatic heterocycles. The molecule has 0 heterocycles. The van der Waals surface area contributed by atoms with Gasteiger partial charge in [0.15, 0.2) is 0 Å². The Morgan fingerprint density at radius 3 is 1.04 bits per heavy atom. The number of hydrogen-bond acceptors (Lipinski definition) is 12. The lowest BCUT2D eigenvalue weighted by Gasteiger charge is -2.21. The minimum Gasteiger partial charge on any atom is -0.744 e. The second-order valence-corrected chi connectivity index (χ2v) is 12.3. The first-order valence-electron chi connectivity index (χ1n) is 14.6. The molecule has 4 aromatic carbocycles. The minimum absolute atomic E-state index is 0.0121. The molecule has 49 heavy (non-hydrogen) atoms. The normalized spacial score (nSPS) is 10.9. The second kappa shape index (κ2) is 15.4. The second-order valence-electron chi connectivity index (χ2n) is 11.0. The number of carbonyl (C=O) groups is 6. The van der Waals surface area contributed by atoms with Gasteiger partial charge in [0.2, 0.25) is 0 Å². The van der Waals surface area contributed by atoms with E-state index in [0.29, 0.717) is 11.1 Å². The van der Waals surface area contributed by atoms with Gasteiger partial charge in [-0.25, -0.2) is 8.42 Å². The van der Waals surface area contributed by atoms with Gasteiger partial charge in [-0.1, -0.05) is 36.4 Å². The molecular formula is C36H29O12S-. The van der Waals surface area contributed by atoms with Crippen LogP contribution in [-0.2, 0) is 38.9 Å². The molecule has 0 N–H and O–H groups in total. The maximum atomic E-state index is 12.9. The number of hydrogen-bond donors (Lipinski definition) is 0. The smallest absolute Gasteiger partial charge is 0.318 e. The number of rotatable bonds is 13. The molecule has 0 spiro atoms. The first-order valence-corrected chi connectivity index (χ1v) is 16.1. The van der Waals surface area contributed by atoms with Crippen molar-refractivity contribution in [1.82, 2.24) is 0 Å². The zero-order chi connectivity index (χ0) is 35.9. The molecular weight excluding hydrogens is 656 g/mol. The molecule has 4 rings (SSSR count). The van der Waals surface area contributed by atoms with Gasteiger partial charge in [-0.05, 0) is 91.6 Å². The lowest BCUT2D eigenvalue weighted by atomic mass is 9.93. The SMILES string of the molecule is CC(=O)CC(=O)Oc1ccc(-c2cc(-c3ccc(OC(=O)CC(C)=O)cc3)c(S(=O)(=O)[O-])c(-c3ccc(OC(=O)CC(C)=O)cc3)c2)cc1. The Kier molecular flexibility index (Phi) is 11.3. The van der Waals surface area contributed by atoms with Crippen LogP contribution >= 0.6 is 0 Å². The third-order valence-electron chi connectivity index (χ3n) is 6.73. The summed E-state index contributed by atoms with van der Waals surface area (Å²) in [5.41, 5.74) is 1.55. The van der Waals surface area contributed by atoms with Crippen LogP contribution in [-0.4, -0.2) is 48.2 Å². The van der Waals surface area contributed by atoms with Gasteiger partial charge in [0, 0.05) is 11.1 Å². The van der Waals surface area contributed by atoms with Gasteiger partial charge in [-0.15, -0.1) is 0 Å². The molecule has 0 fully saturated rings. The van der Waals surface area contributed by atoms with Crippen molar-refractivity contribution in [2.45, 2.75) is 44.9 Å². The van der Waals surface area contributed by atoms with E-state index < -0.39 is 52.2 Å². The molecule has 13 heteroatoms. The third-order valence-corrected chi connectivity index (χ3v) is 7.67. The van der Waals surface area contributed by atoms with E-state index in [0.717, 1.165) is 0 Å². The fraction of sp³-hybridized carbons (Fsp3) is 0.167. The highest BCUT2D eigenvalue weighted by Crippen LogP contribution is 2.41. The average Bonchev–Trinajstić information content (AvgIpc) is 3.00. The summed E-state index contributed by atoms with van der Waals surface area (Å²) in [7, 11) is -5.16. The predicted octanol–water partition coefficient (Wildman–Crippen LogP) is 5.25. The van der Waals surface area contributed by atoms with E-state index in [9.17, 15) is 41.7 Å². The fourth-order valence-electron chi connectivity index (χ4n) is 4.73. The van der Waals surface area contributed by atoms with Gasteiger partial charge >= 0.3 is 17.9 Å². The number of ketones is 3. The van der Waals surface area contributed by atoms with Crippen molar-refractivity contribution in [3.8, 4) is 50.6 Å². The van der Waals surface area contributed by atoms with E-state index in [1.54, 1.807) is 12.1 Å². The van der Waals surface area contributed by atoms with Gasteiger partial charge in [-0.2, -0.15) is 0 Å². The van der Waals surface area contributed by atoms with Gasteiger partial charge in [0.25, 0.3) is 0 Å². The summed E-state index contributed by atoms with van der Waals surface area (Å²) in [6.45, 7) is 3.74. The molecule has 12 nitrogen and oxygen atoms in total. The van der Waals surface area contributed by atoms with E-state index in [4.69, 9.17) is 14.2 Å². The molecule has 0 aromatic heterocycles. The standard InChI is InChI=1S/C36H30O12S/c1-21(37)16-33(40)46-28-10-4-24(5-11-28)27-19-31(25-6-12-29(13-7-25)47-34(41)17-22(2)38)36(49(43,44)45)32(20-27)26-8-14-30(15-9-26)48-35(42)18-23(3)39/h4-15,19-20H,16-18H2,1-3H3,(H,43,44,45)/p-1. The van der Waals surface area contributed by atoms with E-state index in [1.807, 2.05) is 0 Å². The van der Waals surface area contributed by atoms with E-state index in [-0.39, 0.29) is 56.9 Å².